The van der Waals surface area contributed by atoms with Crippen LogP contribution < -0.4 is 9.80 Å². The number of nitrogens with zero attached hydrogens (tertiary/aromatic N) is 5. The van der Waals surface area contributed by atoms with E-state index in [2.05, 4.69) is 15.1 Å². The topological polar surface area (TPSA) is 78.9 Å². The highest BCUT2D eigenvalue weighted by Crippen LogP contribution is 2.24. The average Bonchev–Trinajstić information content (AvgIpc) is 2.75. The van der Waals surface area contributed by atoms with Gasteiger partial charge < -0.3 is 14.5 Å². The summed E-state index contributed by atoms with van der Waals surface area (Å²) in [5.41, 5.74) is 0.981. The molecule has 2 aliphatic heterocycles. The maximum Gasteiger partial charge on any atom is 0.246 e. The molecule has 2 aromatic rings. The van der Waals surface area contributed by atoms with Crippen molar-refractivity contribution in [3.63, 3.8) is 0 Å². The Bertz CT molecular complexity index is 928. The molecule has 0 unspecified atom stereocenters. The number of halogens is 1. The van der Waals surface area contributed by atoms with Gasteiger partial charge >= 0.3 is 0 Å². The van der Waals surface area contributed by atoms with Crippen molar-refractivity contribution >= 4 is 21.5 Å². The Balaban J connectivity index is 1.45. The van der Waals surface area contributed by atoms with Crippen LogP contribution in [0.25, 0.3) is 0 Å². The van der Waals surface area contributed by atoms with Gasteiger partial charge in [0.15, 0.2) is 5.82 Å². The molecule has 4 rings (SSSR count). The molecular formula is C18H22FN5O3S. The minimum atomic E-state index is -3.85. The first-order chi connectivity index (χ1) is 13.6. The molecule has 2 aliphatic rings. The van der Waals surface area contributed by atoms with E-state index in [-0.39, 0.29) is 18.0 Å². The second kappa shape index (κ2) is 7.98. The number of hydrogen-bond donors (Lipinski definition) is 0. The lowest BCUT2D eigenvalue weighted by molar-refractivity contribution is 0.122. The molecule has 0 amide bonds. The number of piperazine rings is 1. The molecule has 3 heterocycles. The van der Waals surface area contributed by atoms with Gasteiger partial charge in [0.25, 0.3) is 0 Å². The second-order valence-corrected chi connectivity index (χ2v) is 8.60. The fourth-order valence-electron chi connectivity index (χ4n) is 3.45. The summed E-state index contributed by atoms with van der Waals surface area (Å²) >= 11 is 0. The zero-order valence-corrected chi connectivity index (χ0v) is 16.2. The zero-order valence-electron chi connectivity index (χ0n) is 15.4. The molecule has 0 saturated carbocycles. The highest BCUT2D eigenvalue weighted by Gasteiger charge is 2.31. The summed E-state index contributed by atoms with van der Waals surface area (Å²) in [6.07, 6.45) is 1.73. The lowest BCUT2D eigenvalue weighted by Gasteiger charge is -2.35. The van der Waals surface area contributed by atoms with Crippen molar-refractivity contribution in [2.75, 3.05) is 62.3 Å². The molecule has 0 bridgehead atoms. The number of rotatable bonds is 4. The van der Waals surface area contributed by atoms with Crippen LogP contribution in [0.15, 0.2) is 41.4 Å². The van der Waals surface area contributed by atoms with E-state index in [1.807, 2.05) is 11.0 Å². The highest BCUT2D eigenvalue weighted by atomic mass is 32.2. The minimum absolute atomic E-state index is 0.264. The zero-order chi connectivity index (χ0) is 19.6. The van der Waals surface area contributed by atoms with E-state index in [0.717, 1.165) is 24.8 Å². The number of aromatic nitrogens is 2. The molecule has 0 spiro atoms. The Morgan fingerprint density at radius 2 is 1.68 bits per heavy atom. The first-order valence-electron chi connectivity index (χ1n) is 9.21. The van der Waals surface area contributed by atoms with Gasteiger partial charge in [-0.3, -0.25) is 0 Å². The smallest absolute Gasteiger partial charge is 0.246 e. The first-order valence-corrected chi connectivity index (χ1v) is 10.6. The SMILES string of the molecule is O=S(=O)(c1ccccc1F)N1CCN(c2cc(N3CCOCC3)cnn2)CC1. The number of sulfonamides is 1. The van der Waals surface area contributed by atoms with Gasteiger partial charge in [0, 0.05) is 45.3 Å². The van der Waals surface area contributed by atoms with Gasteiger partial charge in [0.1, 0.15) is 10.7 Å². The van der Waals surface area contributed by atoms with Crippen LogP contribution in [0.5, 0.6) is 0 Å². The third-order valence-corrected chi connectivity index (χ3v) is 6.95. The largest absolute Gasteiger partial charge is 0.378 e. The quantitative estimate of drug-likeness (QED) is 0.747. The molecule has 0 radical (unpaired) electrons. The van der Waals surface area contributed by atoms with Gasteiger partial charge in [0.2, 0.25) is 10.0 Å². The number of ether oxygens (including phenoxy) is 1. The number of anilines is 2. The fraction of sp³-hybridized carbons (Fsp3) is 0.444. The molecule has 10 heteroatoms. The van der Waals surface area contributed by atoms with Crippen LogP contribution in [0.4, 0.5) is 15.9 Å². The molecular weight excluding hydrogens is 385 g/mol. The lowest BCUT2D eigenvalue weighted by atomic mass is 10.3. The van der Waals surface area contributed by atoms with Crippen LogP contribution in [0, 0.1) is 5.82 Å². The van der Waals surface area contributed by atoms with Crippen molar-refractivity contribution in [3.05, 3.63) is 42.3 Å². The molecule has 28 heavy (non-hydrogen) atoms. The Morgan fingerprint density at radius 3 is 2.39 bits per heavy atom. The summed E-state index contributed by atoms with van der Waals surface area (Å²) in [5, 5.41) is 8.31. The Labute approximate surface area is 163 Å². The molecule has 150 valence electrons. The summed E-state index contributed by atoms with van der Waals surface area (Å²) in [7, 11) is -3.85. The van der Waals surface area contributed by atoms with Crippen molar-refractivity contribution in [1.82, 2.24) is 14.5 Å². The third kappa shape index (κ3) is 3.80. The number of morpholine rings is 1. The van der Waals surface area contributed by atoms with E-state index in [0.29, 0.717) is 32.1 Å². The van der Waals surface area contributed by atoms with Crippen molar-refractivity contribution < 1.29 is 17.5 Å². The van der Waals surface area contributed by atoms with E-state index in [4.69, 9.17) is 4.74 Å². The fourth-order valence-corrected chi connectivity index (χ4v) is 4.93. The van der Waals surface area contributed by atoms with Gasteiger partial charge in [-0.15, -0.1) is 5.10 Å². The predicted octanol–water partition coefficient (Wildman–Crippen LogP) is 0.963. The normalized spacial score (nSPS) is 19.0. The maximum absolute atomic E-state index is 14.0. The number of benzene rings is 1. The van der Waals surface area contributed by atoms with Crippen LogP contribution >= 0.6 is 0 Å². The third-order valence-electron chi connectivity index (χ3n) is 5.02. The van der Waals surface area contributed by atoms with Crippen LogP contribution in [0.3, 0.4) is 0 Å². The summed E-state index contributed by atoms with van der Waals surface area (Å²) in [4.78, 5) is 3.92. The minimum Gasteiger partial charge on any atom is -0.378 e. The van der Waals surface area contributed by atoms with Crippen LogP contribution in [-0.2, 0) is 14.8 Å². The van der Waals surface area contributed by atoms with Gasteiger partial charge in [-0.1, -0.05) is 12.1 Å². The molecule has 1 aromatic carbocycles. The maximum atomic E-state index is 14.0. The molecule has 8 nitrogen and oxygen atoms in total. The van der Waals surface area contributed by atoms with Gasteiger partial charge in [-0.2, -0.15) is 9.40 Å². The number of hydrogen-bond acceptors (Lipinski definition) is 7. The second-order valence-electron chi connectivity index (χ2n) is 6.69. The molecule has 0 aliphatic carbocycles. The lowest BCUT2D eigenvalue weighted by Crippen LogP contribution is -2.49. The van der Waals surface area contributed by atoms with Crippen LogP contribution in [0.1, 0.15) is 0 Å². The van der Waals surface area contributed by atoms with Crippen molar-refractivity contribution in [3.8, 4) is 0 Å². The molecule has 0 atom stereocenters. The van der Waals surface area contributed by atoms with E-state index in [1.54, 1.807) is 6.20 Å². The summed E-state index contributed by atoms with van der Waals surface area (Å²) in [5.74, 6) is -0.0130. The molecule has 2 saturated heterocycles. The monoisotopic (exact) mass is 407 g/mol. The van der Waals surface area contributed by atoms with Crippen LogP contribution in [0.2, 0.25) is 0 Å². The highest BCUT2D eigenvalue weighted by molar-refractivity contribution is 7.89. The summed E-state index contributed by atoms with van der Waals surface area (Å²) < 4.78 is 46.1. The predicted molar refractivity (Wildman–Crippen MR) is 102 cm³/mol. The standard InChI is InChI=1S/C18H22FN5O3S/c19-16-3-1-2-4-17(16)28(25,26)24-7-5-23(6-8-24)18-13-15(14-20-21-18)22-9-11-27-12-10-22/h1-4,13-14H,5-12H2. The van der Waals surface area contributed by atoms with E-state index in [1.165, 1.54) is 22.5 Å². The summed E-state index contributed by atoms with van der Waals surface area (Å²) in [6, 6.07) is 7.44. The van der Waals surface area contributed by atoms with Crippen molar-refractivity contribution in [1.29, 1.82) is 0 Å². The molecule has 1 aromatic heterocycles. The summed E-state index contributed by atoms with van der Waals surface area (Å²) in [6.45, 7) is 4.44. The Hall–Kier alpha value is -2.30. The van der Waals surface area contributed by atoms with Gasteiger partial charge in [-0.05, 0) is 12.1 Å². The van der Waals surface area contributed by atoms with Crippen LogP contribution in [-0.4, -0.2) is 75.4 Å². The average molecular weight is 407 g/mol. The molecule has 0 N–H and O–H groups in total. The van der Waals surface area contributed by atoms with E-state index < -0.39 is 15.8 Å². The van der Waals surface area contributed by atoms with Gasteiger partial charge in [-0.25, -0.2) is 12.8 Å². The first kappa shape index (κ1) is 19.0. The van der Waals surface area contributed by atoms with E-state index >= 15 is 0 Å². The molecule has 2 fully saturated rings. The Kier molecular flexibility index (Phi) is 5.42. The Morgan fingerprint density at radius 1 is 0.964 bits per heavy atom. The van der Waals surface area contributed by atoms with Crippen molar-refractivity contribution in [2.45, 2.75) is 4.90 Å². The van der Waals surface area contributed by atoms with E-state index in [9.17, 15) is 12.8 Å². The van der Waals surface area contributed by atoms with Crippen molar-refractivity contribution in [2.24, 2.45) is 0 Å². The van der Waals surface area contributed by atoms with Gasteiger partial charge in [0.05, 0.1) is 25.1 Å².